The van der Waals surface area contributed by atoms with E-state index in [9.17, 15) is 0 Å². The van der Waals surface area contributed by atoms with Crippen molar-refractivity contribution in [2.45, 2.75) is 45.4 Å². The molecular weight excluding hydrogens is 383 g/mol. The summed E-state index contributed by atoms with van der Waals surface area (Å²) in [7, 11) is 0. The maximum Gasteiger partial charge on any atom is 0.0701 e. The van der Waals surface area contributed by atoms with Gasteiger partial charge in [0, 0.05) is 11.0 Å². The first kappa shape index (κ1) is 21.6. The van der Waals surface area contributed by atoms with Crippen LogP contribution in [-0.2, 0) is 18.9 Å². The van der Waals surface area contributed by atoms with E-state index < -0.39 is 0 Å². The summed E-state index contributed by atoms with van der Waals surface area (Å²) >= 11 is 2.29. The zero-order valence-electron chi connectivity index (χ0n) is 13.6. The summed E-state index contributed by atoms with van der Waals surface area (Å²) in [6, 6.07) is 0. The Labute approximate surface area is 144 Å². The predicted molar refractivity (Wildman–Crippen MR) is 95.5 cm³/mol. The van der Waals surface area contributed by atoms with Gasteiger partial charge in [-0.05, 0) is 6.42 Å². The molecule has 0 spiro atoms. The lowest BCUT2D eigenvalue weighted by Gasteiger charge is -2.07. The number of alkyl halides is 1. The summed E-state index contributed by atoms with van der Waals surface area (Å²) in [4.78, 5) is 0. The zero-order valence-corrected chi connectivity index (χ0v) is 15.8. The van der Waals surface area contributed by atoms with Crippen LogP contribution in [-0.4, -0.2) is 57.3 Å². The van der Waals surface area contributed by atoms with Crippen molar-refractivity contribution in [1.29, 1.82) is 0 Å². The molecule has 0 aromatic heterocycles. The molecule has 0 amide bonds. The average molecular weight is 416 g/mol. The minimum absolute atomic E-state index is 0.630. The maximum atomic E-state index is 5.53. The lowest BCUT2D eigenvalue weighted by molar-refractivity contribution is -0.000457. The first-order chi connectivity index (χ1) is 10.4. The maximum absolute atomic E-state index is 5.53. The fourth-order valence-electron chi connectivity index (χ4n) is 1.80. The summed E-state index contributed by atoms with van der Waals surface area (Å²) in [5, 5.41) is 0. The Morgan fingerprint density at radius 1 is 0.524 bits per heavy atom. The van der Waals surface area contributed by atoms with E-state index in [1.807, 2.05) is 0 Å². The first-order valence-corrected chi connectivity index (χ1v) is 9.81. The van der Waals surface area contributed by atoms with Gasteiger partial charge in [0.05, 0.1) is 46.2 Å². The van der Waals surface area contributed by atoms with Gasteiger partial charge in [-0.3, -0.25) is 0 Å². The molecule has 0 saturated carbocycles. The van der Waals surface area contributed by atoms with Crippen molar-refractivity contribution in [3.05, 3.63) is 0 Å². The van der Waals surface area contributed by atoms with Gasteiger partial charge in [0.25, 0.3) is 0 Å². The molecule has 21 heavy (non-hydrogen) atoms. The Morgan fingerprint density at radius 3 is 1.48 bits per heavy atom. The molecule has 0 heterocycles. The number of hydrogen-bond donors (Lipinski definition) is 0. The molecule has 4 nitrogen and oxygen atoms in total. The normalized spacial score (nSPS) is 11.1. The molecule has 0 fully saturated rings. The second kappa shape index (κ2) is 20.6. The van der Waals surface area contributed by atoms with Crippen molar-refractivity contribution < 1.29 is 18.9 Å². The monoisotopic (exact) mass is 416 g/mol. The summed E-state index contributed by atoms with van der Waals surface area (Å²) < 4.78 is 22.7. The van der Waals surface area contributed by atoms with Gasteiger partial charge >= 0.3 is 0 Å². The van der Waals surface area contributed by atoms with Crippen LogP contribution in [0.25, 0.3) is 0 Å². The Bertz CT molecular complexity index is 164. The van der Waals surface area contributed by atoms with Gasteiger partial charge in [0.15, 0.2) is 0 Å². The molecule has 0 rings (SSSR count). The zero-order chi connectivity index (χ0) is 15.4. The highest BCUT2D eigenvalue weighted by Gasteiger charge is 1.93. The molecule has 0 atom stereocenters. The molecule has 0 radical (unpaired) electrons. The number of hydrogen-bond acceptors (Lipinski definition) is 4. The summed E-state index contributed by atoms with van der Waals surface area (Å²) in [6.45, 7) is 7.83. The van der Waals surface area contributed by atoms with Crippen LogP contribution in [0.15, 0.2) is 0 Å². The van der Waals surface area contributed by atoms with E-state index in [0.29, 0.717) is 39.6 Å². The largest absolute Gasteiger partial charge is 0.379 e. The summed E-state index contributed by atoms with van der Waals surface area (Å²) in [5.41, 5.74) is 0. The average Bonchev–Trinajstić information content (AvgIpc) is 2.50. The highest BCUT2D eigenvalue weighted by molar-refractivity contribution is 14.1. The van der Waals surface area contributed by atoms with Crippen molar-refractivity contribution in [1.82, 2.24) is 0 Å². The van der Waals surface area contributed by atoms with E-state index in [-0.39, 0.29) is 0 Å². The van der Waals surface area contributed by atoms with Crippen LogP contribution in [0.2, 0.25) is 0 Å². The molecule has 0 aromatic carbocycles. The van der Waals surface area contributed by atoms with Crippen molar-refractivity contribution in [2.75, 3.05) is 57.3 Å². The van der Waals surface area contributed by atoms with Gasteiger partial charge in [-0.1, -0.05) is 61.6 Å². The van der Waals surface area contributed by atoms with Crippen LogP contribution in [0.4, 0.5) is 0 Å². The lowest BCUT2D eigenvalue weighted by Crippen LogP contribution is -2.12. The highest BCUT2D eigenvalue weighted by atomic mass is 127. The molecule has 5 heteroatoms. The number of halogens is 1. The molecule has 128 valence electrons. The van der Waals surface area contributed by atoms with E-state index in [1.54, 1.807) is 0 Å². The van der Waals surface area contributed by atoms with E-state index in [4.69, 9.17) is 18.9 Å². The Balaban J connectivity index is 2.90. The van der Waals surface area contributed by atoms with Crippen molar-refractivity contribution in [3.63, 3.8) is 0 Å². The summed E-state index contributed by atoms with van der Waals surface area (Å²) in [5.74, 6) is 0. The first-order valence-electron chi connectivity index (χ1n) is 8.28. The van der Waals surface area contributed by atoms with Gasteiger partial charge in [0.1, 0.15) is 0 Å². The SMILES string of the molecule is CCCCCCCCOCCOCCOCCOCCI. The molecule has 0 unspecified atom stereocenters. The molecular formula is C16H33IO4. The van der Waals surface area contributed by atoms with Crippen LogP contribution in [0.3, 0.4) is 0 Å². The van der Waals surface area contributed by atoms with E-state index in [2.05, 4.69) is 29.5 Å². The van der Waals surface area contributed by atoms with E-state index in [1.165, 1.54) is 38.5 Å². The smallest absolute Gasteiger partial charge is 0.0701 e. The molecule has 0 aromatic rings. The fraction of sp³-hybridized carbons (Fsp3) is 1.00. The lowest BCUT2D eigenvalue weighted by atomic mass is 10.1. The van der Waals surface area contributed by atoms with Gasteiger partial charge in [0.2, 0.25) is 0 Å². The van der Waals surface area contributed by atoms with Gasteiger partial charge < -0.3 is 18.9 Å². The van der Waals surface area contributed by atoms with Gasteiger partial charge in [-0.2, -0.15) is 0 Å². The van der Waals surface area contributed by atoms with Crippen LogP contribution in [0.5, 0.6) is 0 Å². The topological polar surface area (TPSA) is 36.9 Å². The predicted octanol–water partition coefficient (Wildman–Crippen LogP) is 3.85. The second-order valence-corrected chi connectivity index (χ2v) is 5.98. The van der Waals surface area contributed by atoms with Gasteiger partial charge in [-0.15, -0.1) is 0 Å². The molecule has 0 saturated heterocycles. The third-order valence-electron chi connectivity index (χ3n) is 2.98. The molecule has 0 N–H and O–H groups in total. The van der Waals surface area contributed by atoms with Gasteiger partial charge in [-0.25, -0.2) is 0 Å². The van der Waals surface area contributed by atoms with Crippen LogP contribution >= 0.6 is 22.6 Å². The molecule has 0 aliphatic rings. The minimum Gasteiger partial charge on any atom is -0.379 e. The second-order valence-electron chi connectivity index (χ2n) is 4.91. The van der Waals surface area contributed by atoms with Crippen LogP contribution in [0.1, 0.15) is 45.4 Å². The molecule has 0 aliphatic carbocycles. The van der Waals surface area contributed by atoms with Crippen LogP contribution in [0, 0.1) is 0 Å². The van der Waals surface area contributed by atoms with E-state index >= 15 is 0 Å². The quantitative estimate of drug-likeness (QED) is 0.193. The fourth-order valence-corrected chi connectivity index (χ4v) is 2.11. The molecule has 0 aliphatic heterocycles. The van der Waals surface area contributed by atoms with Crippen molar-refractivity contribution >= 4 is 22.6 Å². The van der Waals surface area contributed by atoms with E-state index in [0.717, 1.165) is 17.6 Å². The Hall–Kier alpha value is 0.570. The standard InChI is InChI=1S/C16H33IO4/c1-2-3-4-5-6-7-9-18-11-13-20-15-16-21-14-12-19-10-8-17/h2-16H2,1H3. The number of ether oxygens (including phenoxy) is 4. The highest BCUT2D eigenvalue weighted by Crippen LogP contribution is 2.04. The van der Waals surface area contributed by atoms with Crippen molar-refractivity contribution in [3.8, 4) is 0 Å². The Morgan fingerprint density at radius 2 is 0.952 bits per heavy atom. The third kappa shape index (κ3) is 20.6. The third-order valence-corrected chi connectivity index (χ3v) is 3.42. The molecule has 0 bridgehead atoms. The van der Waals surface area contributed by atoms with Crippen LogP contribution < -0.4 is 0 Å². The summed E-state index contributed by atoms with van der Waals surface area (Å²) in [6.07, 6.45) is 7.83. The Kier molecular flexibility index (Phi) is 21.1. The minimum atomic E-state index is 0.630. The van der Waals surface area contributed by atoms with Crippen molar-refractivity contribution in [2.24, 2.45) is 0 Å². The number of unbranched alkanes of at least 4 members (excludes halogenated alkanes) is 5. The number of rotatable bonds is 18.